The second-order valence-corrected chi connectivity index (χ2v) is 6.46. The Morgan fingerprint density at radius 2 is 2.06 bits per heavy atom. The summed E-state index contributed by atoms with van der Waals surface area (Å²) in [6, 6.07) is 0.710. The van der Waals surface area contributed by atoms with Crippen LogP contribution in [0.25, 0.3) is 0 Å². The molecule has 0 saturated heterocycles. The molecule has 3 nitrogen and oxygen atoms in total. The van der Waals surface area contributed by atoms with Gasteiger partial charge in [0.2, 0.25) is 0 Å². The van der Waals surface area contributed by atoms with Gasteiger partial charge in [-0.1, -0.05) is 37.4 Å². The Morgan fingerprint density at radius 1 is 1.24 bits per heavy atom. The second kappa shape index (κ2) is 5.42. The average molecular weight is 251 g/mol. The van der Waals surface area contributed by atoms with Crippen LogP contribution in [0.2, 0.25) is 0 Å². The Hall–Kier alpha value is -0.510. The van der Waals surface area contributed by atoms with Crippen LogP contribution in [0.15, 0.2) is 11.5 Å². The van der Waals surface area contributed by atoms with Gasteiger partial charge in [-0.15, -0.1) is 10.2 Å². The van der Waals surface area contributed by atoms with Crippen LogP contribution in [-0.4, -0.2) is 20.5 Å². The molecule has 0 N–H and O–H groups in total. The molecule has 0 atom stereocenters. The van der Waals surface area contributed by atoms with Crippen LogP contribution in [0, 0.1) is 5.92 Å². The van der Waals surface area contributed by atoms with Crippen molar-refractivity contribution in [3.63, 3.8) is 0 Å². The summed E-state index contributed by atoms with van der Waals surface area (Å²) in [5.41, 5.74) is 0. The number of thioether (sulfide) groups is 1. The topological polar surface area (TPSA) is 30.7 Å². The third-order valence-corrected chi connectivity index (χ3v) is 4.99. The van der Waals surface area contributed by atoms with Gasteiger partial charge in [0.15, 0.2) is 5.16 Å². The zero-order chi connectivity index (χ0) is 11.5. The predicted molar refractivity (Wildman–Crippen MR) is 70.2 cm³/mol. The van der Waals surface area contributed by atoms with E-state index in [4.69, 9.17) is 0 Å². The Kier molecular flexibility index (Phi) is 3.69. The van der Waals surface area contributed by atoms with Gasteiger partial charge in [0.05, 0.1) is 0 Å². The maximum atomic E-state index is 4.22. The summed E-state index contributed by atoms with van der Waals surface area (Å²) in [6.07, 6.45) is 13.2. The Labute approximate surface area is 107 Å². The standard InChI is InChI=1S/C13H21N3S/c1-2-5-11(4-1)6-3-9-17-13-15-14-10-16(13)12-7-8-12/h10-12H,1-9H2. The zero-order valence-electron chi connectivity index (χ0n) is 10.3. The molecule has 4 heteroatoms. The minimum absolute atomic E-state index is 0.710. The Morgan fingerprint density at radius 3 is 2.82 bits per heavy atom. The predicted octanol–water partition coefficient (Wildman–Crippen LogP) is 3.68. The number of rotatable bonds is 6. The summed E-state index contributed by atoms with van der Waals surface area (Å²) in [5.74, 6) is 2.24. The molecule has 2 aliphatic rings. The Bertz CT molecular complexity index is 353. The molecule has 0 unspecified atom stereocenters. The minimum Gasteiger partial charge on any atom is -0.306 e. The van der Waals surface area contributed by atoms with Crippen LogP contribution in [-0.2, 0) is 0 Å². The summed E-state index contributed by atoms with van der Waals surface area (Å²) in [4.78, 5) is 0. The first-order valence-corrected chi connectivity index (χ1v) is 7.94. The van der Waals surface area contributed by atoms with Gasteiger partial charge in [0.1, 0.15) is 6.33 Å². The summed E-state index contributed by atoms with van der Waals surface area (Å²) >= 11 is 1.89. The molecule has 0 spiro atoms. The van der Waals surface area contributed by atoms with Crippen molar-refractivity contribution >= 4 is 11.8 Å². The molecule has 1 aromatic heterocycles. The first-order valence-electron chi connectivity index (χ1n) is 6.96. The number of hydrogen-bond acceptors (Lipinski definition) is 3. The molecule has 0 bridgehead atoms. The summed E-state index contributed by atoms with van der Waals surface area (Å²) in [6.45, 7) is 0. The van der Waals surface area contributed by atoms with Crippen molar-refractivity contribution in [1.29, 1.82) is 0 Å². The van der Waals surface area contributed by atoms with Crippen molar-refractivity contribution in [2.45, 2.75) is 62.6 Å². The monoisotopic (exact) mass is 251 g/mol. The first kappa shape index (κ1) is 11.6. The van der Waals surface area contributed by atoms with E-state index in [-0.39, 0.29) is 0 Å². The van der Waals surface area contributed by atoms with Crippen molar-refractivity contribution in [2.24, 2.45) is 5.92 Å². The van der Waals surface area contributed by atoms with Crippen LogP contribution in [0.3, 0.4) is 0 Å². The minimum atomic E-state index is 0.710. The van der Waals surface area contributed by atoms with Gasteiger partial charge in [-0.05, 0) is 31.6 Å². The Balaban J connectivity index is 1.39. The van der Waals surface area contributed by atoms with Gasteiger partial charge in [0, 0.05) is 11.8 Å². The summed E-state index contributed by atoms with van der Waals surface area (Å²) in [7, 11) is 0. The highest BCUT2D eigenvalue weighted by Gasteiger charge is 2.26. The molecule has 2 aliphatic carbocycles. The molecule has 1 aromatic rings. The molecular formula is C13H21N3S. The lowest BCUT2D eigenvalue weighted by molar-refractivity contribution is 0.498. The maximum absolute atomic E-state index is 4.22. The number of aromatic nitrogens is 3. The van der Waals surface area contributed by atoms with Crippen LogP contribution in [0.1, 0.15) is 57.4 Å². The van der Waals surface area contributed by atoms with Gasteiger partial charge in [0.25, 0.3) is 0 Å². The molecule has 1 heterocycles. The van der Waals surface area contributed by atoms with Crippen molar-refractivity contribution < 1.29 is 0 Å². The van der Waals surface area contributed by atoms with Crippen molar-refractivity contribution in [1.82, 2.24) is 14.8 Å². The normalized spacial score (nSPS) is 21.2. The second-order valence-electron chi connectivity index (χ2n) is 5.39. The molecule has 17 heavy (non-hydrogen) atoms. The van der Waals surface area contributed by atoms with E-state index in [1.807, 2.05) is 18.1 Å². The van der Waals surface area contributed by atoms with E-state index in [0.717, 1.165) is 11.1 Å². The zero-order valence-corrected chi connectivity index (χ0v) is 11.2. The average Bonchev–Trinajstić information content (AvgIpc) is 2.89. The van der Waals surface area contributed by atoms with Crippen LogP contribution < -0.4 is 0 Å². The fraction of sp³-hybridized carbons (Fsp3) is 0.846. The third-order valence-electron chi connectivity index (χ3n) is 3.94. The maximum Gasteiger partial charge on any atom is 0.191 e. The molecule has 94 valence electrons. The molecule has 2 saturated carbocycles. The van der Waals surface area contributed by atoms with E-state index in [1.54, 1.807) is 0 Å². The lowest BCUT2D eigenvalue weighted by atomic mass is 10.0. The van der Waals surface area contributed by atoms with Gasteiger partial charge in [-0.3, -0.25) is 0 Å². The quantitative estimate of drug-likeness (QED) is 0.571. The lowest BCUT2D eigenvalue weighted by Crippen LogP contribution is -1.97. The lowest BCUT2D eigenvalue weighted by Gasteiger charge is -2.08. The van der Waals surface area contributed by atoms with E-state index < -0.39 is 0 Å². The van der Waals surface area contributed by atoms with Gasteiger partial charge in [-0.25, -0.2) is 0 Å². The molecule has 2 fully saturated rings. The van der Waals surface area contributed by atoms with Crippen LogP contribution >= 0.6 is 11.8 Å². The highest BCUT2D eigenvalue weighted by Crippen LogP contribution is 2.37. The molecular weight excluding hydrogens is 230 g/mol. The van der Waals surface area contributed by atoms with Crippen molar-refractivity contribution in [2.75, 3.05) is 5.75 Å². The SMILES string of the molecule is c1nnc(SCCCC2CCCC2)n1C1CC1. The molecule has 0 aromatic carbocycles. The van der Waals surface area contributed by atoms with Gasteiger partial charge >= 0.3 is 0 Å². The smallest absolute Gasteiger partial charge is 0.191 e. The molecule has 3 rings (SSSR count). The molecule has 0 aliphatic heterocycles. The van der Waals surface area contributed by atoms with E-state index in [0.29, 0.717) is 6.04 Å². The van der Waals surface area contributed by atoms with E-state index in [1.165, 1.54) is 57.1 Å². The first-order chi connectivity index (χ1) is 8.43. The number of hydrogen-bond donors (Lipinski definition) is 0. The number of nitrogens with zero attached hydrogens (tertiary/aromatic N) is 3. The van der Waals surface area contributed by atoms with Crippen molar-refractivity contribution in [3.8, 4) is 0 Å². The van der Waals surface area contributed by atoms with Gasteiger partial charge < -0.3 is 4.57 Å². The third kappa shape index (κ3) is 3.03. The fourth-order valence-electron chi connectivity index (χ4n) is 2.77. The van der Waals surface area contributed by atoms with Crippen LogP contribution in [0.4, 0.5) is 0 Å². The van der Waals surface area contributed by atoms with Crippen molar-refractivity contribution in [3.05, 3.63) is 6.33 Å². The largest absolute Gasteiger partial charge is 0.306 e. The summed E-state index contributed by atoms with van der Waals surface area (Å²) in [5, 5.41) is 9.39. The molecule has 0 amide bonds. The van der Waals surface area contributed by atoms with E-state index in [9.17, 15) is 0 Å². The van der Waals surface area contributed by atoms with E-state index >= 15 is 0 Å². The highest BCUT2D eigenvalue weighted by atomic mass is 32.2. The highest BCUT2D eigenvalue weighted by molar-refractivity contribution is 7.99. The van der Waals surface area contributed by atoms with Gasteiger partial charge in [-0.2, -0.15) is 0 Å². The fourth-order valence-corrected chi connectivity index (χ4v) is 3.72. The summed E-state index contributed by atoms with van der Waals surface area (Å²) < 4.78 is 2.26. The molecule has 0 radical (unpaired) electrons. The van der Waals surface area contributed by atoms with Crippen LogP contribution in [0.5, 0.6) is 0 Å². The van der Waals surface area contributed by atoms with E-state index in [2.05, 4.69) is 14.8 Å².